The molecule has 85 heavy (non-hydrogen) atoms. The molecule has 11 atom stereocenters. The first-order valence-corrected chi connectivity index (χ1v) is 30.1. The fourth-order valence-corrected chi connectivity index (χ4v) is 10.5. The number of nitrogens with one attached hydrogen (secondary N) is 4. The summed E-state index contributed by atoms with van der Waals surface area (Å²) in [5.74, 6) is -11.0. The van der Waals surface area contributed by atoms with Crippen molar-refractivity contribution in [3.63, 3.8) is 0 Å². The van der Waals surface area contributed by atoms with Crippen molar-refractivity contribution in [3.05, 3.63) is 24.8 Å². The van der Waals surface area contributed by atoms with E-state index in [0.717, 1.165) is 9.80 Å². The third-order valence-electron chi connectivity index (χ3n) is 15.8. The maximum absolute atomic E-state index is 15.1. The number of aldehydes is 1. The van der Waals surface area contributed by atoms with Crippen molar-refractivity contribution in [1.82, 2.24) is 55.6 Å². The molecule has 23 nitrogen and oxygen atoms in total. The Morgan fingerprint density at radius 1 is 0.471 bits per heavy atom. The summed E-state index contributed by atoms with van der Waals surface area (Å²) in [4.78, 5) is 181. The molecular formula is C62H107N11O12. The van der Waals surface area contributed by atoms with Gasteiger partial charge in [0.1, 0.15) is 60.7 Å². The van der Waals surface area contributed by atoms with Crippen molar-refractivity contribution in [1.29, 1.82) is 0 Å². The largest absolute Gasteiger partial charge is 0.345 e. The lowest BCUT2D eigenvalue weighted by Gasteiger charge is -2.41. The molecule has 0 aromatic rings. The molecule has 1 fully saturated rings. The molecule has 4 N–H and O–H groups in total. The number of allylic oxidation sites excluding steroid dienone is 3. The normalized spacial score (nSPS) is 25.9. The molecule has 23 heteroatoms. The van der Waals surface area contributed by atoms with Gasteiger partial charge in [-0.1, -0.05) is 115 Å². The molecule has 1 aliphatic rings. The lowest BCUT2D eigenvalue weighted by molar-refractivity contribution is -0.156. The number of hydrogen-bond acceptors (Lipinski definition) is 12. The highest BCUT2D eigenvalue weighted by atomic mass is 16.2. The van der Waals surface area contributed by atoms with Crippen LogP contribution in [-0.2, 0) is 57.5 Å². The van der Waals surface area contributed by atoms with Crippen LogP contribution in [0.2, 0.25) is 0 Å². The van der Waals surface area contributed by atoms with E-state index < -0.39 is 156 Å². The second kappa shape index (κ2) is 35.1. The Balaban J connectivity index is 4.28. The molecule has 0 saturated carbocycles. The van der Waals surface area contributed by atoms with Crippen LogP contribution in [0.1, 0.15) is 136 Å². The molecule has 1 rings (SSSR count). The summed E-state index contributed by atoms with van der Waals surface area (Å²) in [7, 11) is 9.82. The second-order valence-corrected chi connectivity index (χ2v) is 25.7. The first kappa shape index (κ1) is 76.3. The van der Waals surface area contributed by atoms with Gasteiger partial charge in [0.25, 0.3) is 0 Å². The van der Waals surface area contributed by atoms with Crippen molar-refractivity contribution in [2.75, 3.05) is 62.4 Å². The number of amides is 11. The topological polar surface area (TPSA) is 276 Å². The van der Waals surface area contributed by atoms with Crippen LogP contribution in [0.5, 0.6) is 0 Å². The fraction of sp³-hybridized carbons (Fsp3) is 0.742. The van der Waals surface area contributed by atoms with Gasteiger partial charge in [0.2, 0.25) is 65.0 Å². The van der Waals surface area contributed by atoms with E-state index in [9.17, 15) is 47.9 Å². The smallest absolute Gasteiger partial charge is 0.246 e. The first-order valence-electron chi connectivity index (χ1n) is 30.1. The number of rotatable bonds is 16. The quantitative estimate of drug-likeness (QED) is 0.128. The van der Waals surface area contributed by atoms with Crippen LogP contribution in [0.25, 0.3) is 0 Å². The SMILES string of the molecule is C=C/C=C/C[C@@H](C)C(C=O)[C@H]1C(=O)NCC(=O)N(C)CC(=O)N(C)[C@@H](CC(C)C)C(=O)N[C@@H](C(C)C)C(=O)N(C)[C@@H](CC(C)C)C(=O)N[C@@H](C)C(=O)N[C@H](C)C(=O)N(C)[C@@H](CC(C)C)C(=O)N(C)[C@@H](CC(C)C)C(=O)N(C)[C@@H](C(C)C)C(=O)N1C. The van der Waals surface area contributed by atoms with Gasteiger partial charge in [-0.05, 0) is 87.4 Å². The first-order chi connectivity index (χ1) is 39.3. The van der Waals surface area contributed by atoms with Crippen LogP contribution < -0.4 is 21.3 Å². The fourth-order valence-electron chi connectivity index (χ4n) is 10.5. The number of hydrogen-bond donors (Lipinski definition) is 4. The zero-order valence-corrected chi connectivity index (χ0v) is 55.3. The molecule has 1 unspecified atom stereocenters. The maximum Gasteiger partial charge on any atom is 0.246 e. The van der Waals surface area contributed by atoms with Gasteiger partial charge in [-0.3, -0.25) is 52.7 Å². The van der Waals surface area contributed by atoms with Crippen molar-refractivity contribution < 1.29 is 57.5 Å². The Hall–Kier alpha value is -6.68. The lowest BCUT2D eigenvalue weighted by atomic mass is 9.84. The summed E-state index contributed by atoms with van der Waals surface area (Å²) in [6.07, 6.45) is 6.43. The van der Waals surface area contributed by atoms with Gasteiger partial charge in [-0.2, -0.15) is 0 Å². The predicted molar refractivity (Wildman–Crippen MR) is 327 cm³/mol. The Morgan fingerprint density at radius 2 is 0.894 bits per heavy atom. The summed E-state index contributed by atoms with van der Waals surface area (Å²) in [6.45, 7) is 28.8. The number of nitrogens with zero attached hydrogens (tertiary/aromatic N) is 7. The number of carbonyl (C=O) groups is 12. The van der Waals surface area contributed by atoms with Crippen LogP contribution in [0.3, 0.4) is 0 Å². The minimum atomic E-state index is -1.53. The third kappa shape index (κ3) is 22.0. The van der Waals surface area contributed by atoms with E-state index in [4.69, 9.17) is 0 Å². The van der Waals surface area contributed by atoms with Crippen molar-refractivity contribution >= 4 is 71.3 Å². The van der Waals surface area contributed by atoms with Crippen molar-refractivity contribution in [2.24, 2.45) is 47.3 Å². The molecule has 0 aliphatic carbocycles. The number of likely N-dealkylation sites (N-methyl/N-ethyl adjacent to an activating group) is 7. The monoisotopic (exact) mass is 1200 g/mol. The minimum absolute atomic E-state index is 0.132. The van der Waals surface area contributed by atoms with E-state index in [1.54, 1.807) is 52.8 Å². The summed E-state index contributed by atoms with van der Waals surface area (Å²) >= 11 is 0. The van der Waals surface area contributed by atoms with Crippen LogP contribution in [0.15, 0.2) is 24.8 Å². The van der Waals surface area contributed by atoms with E-state index in [1.807, 2.05) is 55.4 Å². The average molecular weight is 1200 g/mol. The Bertz CT molecular complexity index is 2370. The van der Waals surface area contributed by atoms with E-state index in [-0.39, 0.29) is 55.8 Å². The Kier molecular flexibility index (Phi) is 31.5. The van der Waals surface area contributed by atoms with E-state index >= 15 is 9.59 Å². The molecule has 0 bridgehead atoms. The summed E-state index contributed by atoms with van der Waals surface area (Å²) < 4.78 is 0. The average Bonchev–Trinajstić information content (AvgIpc) is 3.15. The van der Waals surface area contributed by atoms with Gasteiger partial charge in [-0.25, -0.2) is 0 Å². The molecule has 11 amide bonds. The summed E-state index contributed by atoms with van der Waals surface area (Å²) in [5, 5.41) is 10.8. The maximum atomic E-state index is 15.1. The van der Waals surface area contributed by atoms with Crippen LogP contribution >= 0.6 is 0 Å². The molecule has 0 aromatic carbocycles. The predicted octanol–water partition coefficient (Wildman–Crippen LogP) is 3.11. The highest BCUT2D eigenvalue weighted by molar-refractivity contribution is 5.99. The summed E-state index contributed by atoms with van der Waals surface area (Å²) in [6, 6.07) is -11.0. The molecular weight excluding hydrogens is 1090 g/mol. The zero-order valence-electron chi connectivity index (χ0n) is 55.3. The minimum Gasteiger partial charge on any atom is -0.345 e. The van der Waals surface area contributed by atoms with Crippen LogP contribution in [0, 0.1) is 47.3 Å². The molecule has 1 saturated heterocycles. The van der Waals surface area contributed by atoms with Gasteiger partial charge in [0, 0.05) is 55.3 Å². The van der Waals surface area contributed by atoms with E-state index in [2.05, 4.69) is 27.8 Å². The highest BCUT2D eigenvalue weighted by Gasteiger charge is 2.45. The number of carbonyl (C=O) groups excluding carboxylic acids is 12. The van der Waals surface area contributed by atoms with Crippen molar-refractivity contribution in [2.45, 2.75) is 190 Å². The molecule has 1 heterocycles. The standard InChI is InChI=1S/C62H107N11O12/c1-24-25-26-27-41(14)44(34-74)53-57(80)63-32-49(75)67(17)33-50(76)68(18)45(28-35(2)3)56(79)66-51(39(10)11)61(84)69(19)46(29-36(4)5)55(78)64-42(15)54(77)65-43(16)58(81)70(20)47(30-37(6)7)59(82)71(21)48(31-38(8)9)60(83)72(22)52(40(12)13)62(85)73(53)23/h24-26,34-48,51-53H,1,27-33H2,2-23H3,(H,63,80)(H,64,78)(H,65,77)(H,66,79)/b26-25+/t41-,42+,43-,44?,45+,46+,47+,48+,51+,52+,53+/m1/s1. The molecule has 482 valence electrons. The van der Waals surface area contributed by atoms with E-state index in [1.165, 1.54) is 87.7 Å². The molecule has 0 radical (unpaired) electrons. The van der Waals surface area contributed by atoms with Gasteiger partial charge >= 0.3 is 0 Å². The van der Waals surface area contributed by atoms with Gasteiger partial charge in [0.15, 0.2) is 0 Å². The van der Waals surface area contributed by atoms with Crippen LogP contribution in [-0.4, -0.2) is 222 Å². The second-order valence-electron chi connectivity index (χ2n) is 25.7. The highest BCUT2D eigenvalue weighted by Crippen LogP contribution is 2.27. The molecule has 0 aromatic heterocycles. The Labute approximate surface area is 507 Å². The van der Waals surface area contributed by atoms with Crippen LogP contribution in [0.4, 0.5) is 0 Å². The zero-order chi connectivity index (χ0) is 65.8. The van der Waals surface area contributed by atoms with Gasteiger partial charge in [-0.15, -0.1) is 0 Å². The van der Waals surface area contributed by atoms with Gasteiger partial charge < -0.3 is 60.4 Å². The Morgan fingerprint density at radius 3 is 1.35 bits per heavy atom. The van der Waals surface area contributed by atoms with E-state index in [0.29, 0.717) is 6.29 Å². The van der Waals surface area contributed by atoms with Crippen molar-refractivity contribution in [3.8, 4) is 0 Å². The molecule has 0 spiro atoms. The third-order valence-corrected chi connectivity index (χ3v) is 15.8. The molecule has 1 aliphatic heterocycles. The van der Waals surface area contributed by atoms with Gasteiger partial charge in [0.05, 0.1) is 13.1 Å². The lowest BCUT2D eigenvalue weighted by Crippen LogP contribution is -2.62. The summed E-state index contributed by atoms with van der Waals surface area (Å²) in [5.41, 5.74) is 0.